The van der Waals surface area contributed by atoms with E-state index >= 15 is 0 Å². The predicted octanol–water partition coefficient (Wildman–Crippen LogP) is 5.60. The van der Waals surface area contributed by atoms with Crippen molar-refractivity contribution in [2.24, 2.45) is 17.3 Å². The molecule has 4 saturated carbocycles. The van der Waals surface area contributed by atoms with Gasteiger partial charge in [-0.3, -0.25) is 4.79 Å². The highest BCUT2D eigenvalue weighted by atomic mass is 35.5. The van der Waals surface area contributed by atoms with E-state index in [0.717, 1.165) is 19.3 Å². The summed E-state index contributed by atoms with van der Waals surface area (Å²) in [6.07, 6.45) is 6.37. The summed E-state index contributed by atoms with van der Waals surface area (Å²) in [6, 6.07) is 15.6. The molecule has 4 aliphatic carbocycles. The van der Waals surface area contributed by atoms with Crippen molar-refractivity contribution in [3.8, 4) is 0 Å². The minimum Gasteiger partial charge on any atom is -0.465 e. The molecule has 4 bridgehead atoms. The molecule has 156 valence electrons. The molecule has 2 aromatic rings. The molecule has 0 aliphatic heterocycles. The van der Waals surface area contributed by atoms with E-state index in [0.29, 0.717) is 28.1 Å². The first kappa shape index (κ1) is 19.6. The molecular formula is C25H26ClNO3. The second-order valence-electron chi connectivity index (χ2n) is 9.53. The predicted molar refractivity (Wildman–Crippen MR) is 117 cm³/mol. The van der Waals surface area contributed by atoms with Gasteiger partial charge in [0.15, 0.2) is 0 Å². The molecule has 30 heavy (non-hydrogen) atoms. The van der Waals surface area contributed by atoms with Crippen LogP contribution in [0, 0.1) is 17.3 Å². The number of hydrogen-bond donors (Lipinski definition) is 1. The lowest BCUT2D eigenvalue weighted by atomic mass is 9.42. The Morgan fingerprint density at radius 3 is 2.40 bits per heavy atom. The van der Waals surface area contributed by atoms with E-state index in [9.17, 15) is 9.59 Å². The molecule has 2 atom stereocenters. The zero-order valence-corrected chi connectivity index (χ0v) is 17.9. The summed E-state index contributed by atoms with van der Waals surface area (Å²) in [5, 5.41) is 3.51. The third-order valence-electron chi connectivity index (χ3n) is 7.56. The minimum atomic E-state index is -0.444. The number of methoxy groups -OCH3 is 1. The molecule has 0 radical (unpaired) electrons. The molecular weight excluding hydrogens is 398 g/mol. The van der Waals surface area contributed by atoms with Crippen molar-refractivity contribution in [1.29, 1.82) is 0 Å². The van der Waals surface area contributed by atoms with Gasteiger partial charge in [0.1, 0.15) is 0 Å². The summed E-state index contributed by atoms with van der Waals surface area (Å²) in [6.45, 7) is 0. The number of benzene rings is 2. The van der Waals surface area contributed by atoms with Gasteiger partial charge in [-0.05, 0) is 79.5 Å². The minimum absolute atomic E-state index is 0.0424. The van der Waals surface area contributed by atoms with Crippen LogP contribution in [0.15, 0.2) is 48.5 Å². The van der Waals surface area contributed by atoms with Crippen molar-refractivity contribution < 1.29 is 14.3 Å². The van der Waals surface area contributed by atoms with Crippen LogP contribution >= 0.6 is 11.6 Å². The van der Waals surface area contributed by atoms with Crippen molar-refractivity contribution in [1.82, 2.24) is 0 Å². The smallest absolute Gasteiger partial charge is 0.337 e. The number of ether oxygens (including phenoxy) is 1. The van der Waals surface area contributed by atoms with Gasteiger partial charge in [-0.1, -0.05) is 41.9 Å². The lowest BCUT2D eigenvalue weighted by Gasteiger charge is -2.61. The van der Waals surface area contributed by atoms with Crippen molar-refractivity contribution >= 4 is 29.2 Å². The molecule has 0 unspecified atom stereocenters. The number of anilines is 1. The van der Waals surface area contributed by atoms with Gasteiger partial charge >= 0.3 is 5.97 Å². The van der Waals surface area contributed by atoms with Gasteiger partial charge in [0.25, 0.3) is 0 Å². The lowest BCUT2D eigenvalue weighted by Crippen LogP contribution is -2.58. The number of esters is 1. The normalized spacial score (nSPS) is 31.4. The number of hydrogen-bond acceptors (Lipinski definition) is 3. The van der Waals surface area contributed by atoms with Gasteiger partial charge < -0.3 is 10.1 Å². The van der Waals surface area contributed by atoms with Crippen molar-refractivity contribution in [3.63, 3.8) is 0 Å². The van der Waals surface area contributed by atoms with E-state index in [1.54, 1.807) is 18.2 Å². The van der Waals surface area contributed by atoms with Crippen LogP contribution in [0.2, 0.25) is 5.02 Å². The van der Waals surface area contributed by atoms with Crippen LogP contribution in [0.5, 0.6) is 0 Å². The maximum Gasteiger partial charge on any atom is 0.337 e. The summed E-state index contributed by atoms with van der Waals surface area (Å²) in [5.74, 6) is 0.781. The molecule has 0 spiro atoms. The summed E-state index contributed by atoms with van der Waals surface area (Å²) in [5.41, 5.74) is 1.96. The zero-order valence-electron chi connectivity index (χ0n) is 17.1. The summed E-state index contributed by atoms with van der Waals surface area (Å²) < 4.78 is 4.80. The number of carbonyl (C=O) groups is 2. The number of carbonyl (C=O) groups excluding carboxylic acids is 2. The van der Waals surface area contributed by atoms with Crippen LogP contribution in [-0.4, -0.2) is 19.0 Å². The SMILES string of the molecule is COC(=O)c1ccc(Cl)c(NC(=O)C23C[C@H]4C[C@H](C2)CC(c2ccccc2)(C4)C3)c1. The monoisotopic (exact) mass is 423 g/mol. The Morgan fingerprint density at radius 2 is 1.73 bits per heavy atom. The first-order chi connectivity index (χ1) is 14.4. The van der Waals surface area contributed by atoms with Gasteiger partial charge in [-0.15, -0.1) is 0 Å². The fraction of sp³-hybridized carbons (Fsp3) is 0.440. The van der Waals surface area contributed by atoms with Crippen LogP contribution in [0.4, 0.5) is 5.69 Å². The van der Waals surface area contributed by atoms with E-state index < -0.39 is 5.97 Å². The molecule has 1 amide bonds. The molecule has 4 nitrogen and oxygen atoms in total. The van der Waals surface area contributed by atoms with Crippen LogP contribution < -0.4 is 5.32 Å². The third kappa shape index (κ3) is 3.13. The topological polar surface area (TPSA) is 55.4 Å². The number of nitrogens with one attached hydrogen (secondary N) is 1. The van der Waals surface area contributed by atoms with Crippen LogP contribution in [-0.2, 0) is 14.9 Å². The highest BCUT2D eigenvalue weighted by molar-refractivity contribution is 6.34. The average Bonchev–Trinajstić information content (AvgIpc) is 2.74. The first-order valence-electron chi connectivity index (χ1n) is 10.7. The summed E-state index contributed by atoms with van der Waals surface area (Å²) >= 11 is 6.35. The molecule has 0 heterocycles. The fourth-order valence-corrected chi connectivity index (χ4v) is 6.94. The van der Waals surface area contributed by atoms with Crippen LogP contribution in [0.1, 0.15) is 54.4 Å². The highest BCUT2D eigenvalue weighted by Gasteiger charge is 2.60. The van der Waals surface area contributed by atoms with Gasteiger partial charge in [-0.2, -0.15) is 0 Å². The average molecular weight is 424 g/mol. The zero-order chi connectivity index (χ0) is 20.9. The molecule has 2 aromatic carbocycles. The standard InChI is InChI=1S/C25H26ClNO3/c1-30-22(28)18-7-8-20(26)21(10-18)27-23(29)25-13-16-9-17(14-25)12-24(11-16,15-25)19-5-3-2-4-6-19/h2-8,10,16-17H,9,11-15H2,1H3,(H,27,29)/t16-,17-,24?,25?/m0/s1. The van der Waals surface area contributed by atoms with Gasteiger partial charge in [0.05, 0.1) is 28.8 Å². The van der Waals surface area contributed by atoms with Crippen LogP contribution in [0.3, 0.4) is 0 Å². The van der Waals surface area contributed by atoms with E-state index in [2.05, 4.69) is 35.6 Å². The second kappa shape index (κ2) is 7.12. The Bertz CT molecular complexity index is 989. The van der Waals surface area contributed by atoms with Crippen molar-refractivity contribution in [3.05, 3.63) is 64.7 Å². The van der Waals surface area contributed by atoms with E-state index in [1.807, 2.05) is 0 Å². The molecule has 5 heteroatoms. The highest BCUT2D eigenvalue weighted by Crippen LogP contribution is 2.66. The van der Waals surface area contributed by atoms with Crippen molar-refractivity contribution in [2.75, 3.05) is 12.4 Å². The maximum atomic E-state index is 13.7. The molecule has 4 fully saturated rings. The number of amides is 1. The maximum absolute atomic E-state index is 13.7. The van der Waals surface area contributed by atoms with E-state index in [4.69, 9.17) is 16.3 Å². The first-order valence-corrected chi connectivity index (χ1v) is 11.1. The summed E-state index contributed by atoms with van der Waals surface area (Å²) in [7, 11) is 1.34. The molecule has 0 aromatic heterocycles. The molecule has 0 saturated heterocycles. The fourth-order valence-electron chi connectivity index (χ4n) is 6.78. The second-order valence-corrected chi connectivity index (χ2v) is 9.94. The largest absolute Gasteiger partial charge is 0.465 e. The number of rotatable bonds is 4. The van der Waals surface area contributed by atoms with E-state index in [1.165, 1.54) is 31.9 Å². The Morgan fingerprint density at radius 1 is 1.03 bits per heavy atom. The Hall–Kier alpha value is -2.33. The molecule has 6 rings (SSSR count). The van der Waals surface area contributed by atoms with Crippen LogP contribution in [0.25, 0.3) is 0 Å². The molecule has 4 aliphatic rings. The third-order valence-corrected chi connectivity index (χ3v) is 7.89. The lowest BCUT2D eigenvalue weighted by molar-refractivity contribution is -0.143. The number of halogens is 1. The molecule has 1 N–H and O–H groups in total. The summed E-state index contributed by atoms with van der Waals surface area (Å²) in [4.78, 5) is 25.6. The Kier molecular flexibility index (Phi) is 4.66. The Labute approximate surface area is 182 Å². The van der Waals surface area contributed by atoms with Gasteiger partial charge in [-0.25, -0.2) is 4.79 Å². The quantitative estimate of drug-likeness (QED) is 0.651. The Balaban J connectivity index is 1.46. The van der Waals surface area contributed by atoms with Crippen molar-refractivity contribution in [2.45, 2.75) is 43.9 Å². The van der Waals surface area contributed by atoms with Gasteiger partial charge in [0.2, 0.25) is 5.91 Å². The van der Waals surface area contributed by atoms with Gasteiger partial charge in [0, 0.05) is 0 Å². The van der Waals surface area contributed by atoms with E-state index in [-0.39, 0.29) is 16.7 Å².